The standard InChI is InChI=1S/C11H16O2S/c1-4-6-10(7-5-2)11(12)14-9-8-13-3/h4-7H,1,8-9H2,2-3H3/b7-5-,10-6+. The lowest BCUT2D eigenvalue weighted by Crippen LogP contribution is -2.00. The summed E-state index contributed by atoms with van der Waals surface area (Å²) < 4.78 is 4.86. The van der Waals surface area contributed by atoms with Crippen LogP contribution in [0.3, 0.4) is 0 Å². The minimum Gasteiger partial charge on any atom is -0.384 e. The summed E-state index contributed by atoms with van der Waals surface area (Å²) >= 11 is 1.26. The summed E-state index contributed by atoms with van der Waals surface area (Å²) in [5.41, 5.74) is 0.670. The number of carbonyl (C=O) groups excluding carboxylic acids is 1. The van der Waals surface area contributed by atoms with Gasteiger partial charge in [0, 0.05) is 18.4 Å². The number of ether oxygens (including phenoxy) is 1. The summed E-state index contributed by atoms with van der Waals surface area (Å²) in [5.74, 6) is 0.682. The Labute approximate surface area is 89.7 Å². The lowest BCUT2D eigenvalue weighted by molar-refractivity contribution is -0.107. The van der Waals surface area contributed by atoms with Gasteiger partial charge in [-0.1, -0.05) is 42.6 Å². The van der Waals surface area contributed by atoms with Gasteiger partial charge in [0.1, 0.15) is 0 Å². The Morgan fingerprint density at radius 2 is 2.29 bits per heavy atom. The minimum atomic E-state index is 0.0556. The number of thioether (sulfide) groups is 1. The van der Waals surface area contributed by atoms with Gasteiger partial charge in [0.25, 0.3) is 0 Å². The van der Waals surface area contributed by atoms with Crippen LogP contribution in [0.2, 0.25) is 0 Å². The Kier molecular flexibility index (Phi) is 8.28. The minimum absolute atomic E-state index is 0.0556. The molecule has 2 nitrogen and oxygen atoms in total. The maximum Gasteiger partial charge on any atom is 0.219 e. The Morgan fingerprint density at radius 1 is 1.57 bits per heavy atom. The van der Waals surface area contributed by atoms with Crippen molar-refractivity contribution < 1.29 is 9.53 Å². The fourth-order valence-corrected chi connectivity index (χ4v) is 1.54. The van der Waals surface area contributed by atoms with Crippen molar-refractivity contribution in [2.75, 3.05) is 19.5 Å². The molecule has 0 amide bonds. The number of rotatable bonds is 6. The van der Waals surface area contributed by atoms with E-state index in [2.05, 4.69) is 6.58 Å². The molecule has 0 heterocycles. The third kappa shape index (κ3) is 5.78. The van der Waals surface area contributed by atoms with E-state index < -0.39 is 0 Å². The molecule has 0 aromatic heterocycles. The second kappa shape index (κ2) is 8.78. The molecule has 78 valence electrons. The Balaban J connectivity index is 4.16. The predicted molar refractivity (Wildman–Crippen MR) is 62.4 cm³/mol. The molecule has 0 fully saturated rings. The van der Waals surface area contributed by atoms with E-state index in [1.54, 1.807) is 25.3 Å². The van der Waals surface area contributed by atoms with E-state index in [4.69, 9.17) is 4.74 Å². The van der Waals surface area contributed by atoms with Gasteiger partial charge in [-0.2, -0.15) is 0 Å². The Hall–Kier alpha value is -0.800. The zero-order valence-electron chi connectivity index (χ0n) is 8.66. The van der Waals surface area contributed by atoms with Crippen LogP contribution in [0.1, 0.15) is 6.92 Å². The molecule has 0 saturated carbocycles. The van der Waals surface area contributed by atoms with Crippen LogP contribution in [-0.4, -0.2) is 24.6 Å². The van der Waals surface area contributed by atoms with Gasteiger partial charge in [-0.15, -0.1) is 0 Å². The molecule has 0 atom stereocenters. The topological polar surface area (TPSA) is 26.3 Å². The third-order valence-corrected chi connectivity index (χ3v) is 2.27. The van der Waals surface area contributed by atoms with Crippen molar-refractivity contribution in [1.82, 2.24) is 0 Å². The average molecular weight is 212 g/mol. The molecular weight excluding hydrogens is 196 g/mol. The fraction of sp³-hybridized carbons (Fsp3) is 0.364. The summed E-state index contributed by atoms with van der Waals surface area (Å²) in [6, 6.07) is 0. The molecule has 0 aliphatic carbocycles. The van der Waals surface area contributed by atoms with Gasteiger partial charge in [-0.3, -0.25) is 4.79 Å². The number of methoxy groups -OCH3 is 1. The quantitative estimate of drug-likeness (QED) is 0.384. The van der Waals surface area contributed by atoms with E-state index in [1.165, 1.54) is 11.8 Å². The van der Waals surface area contributed by atoms with Crippen LogP contribution in [0.25, 0.3) is 0 Å². The van der Waals surface area contributed by atoms with Crippen LogP contribution < -0.4 is 0 Å². The first kappa shape index (κ1) is 13.2. The van der Waals surface area contributed by atoms with Crippen molar-refractivity contribution in [3.8, 4) is 0 Å². The zero-order chi connectivity index (χ0) is 10.8. The molecule has 0 aromatic rings. The first-order chi connectivity index (χ1) is 6.76. The highest BCUT2D eigenvalue weighted by atomic mass is 32.2. The summed E-state index contributed by atoms with van der Waals surface area (Å²) in [5, 5.41) is 0.0556. The first-order valence-corrected chi connectivity index (χ1v) is 5.36. The van der Waals surface area contributed by atoms with E-state index in [1.807, 2.05) is 13.0 Å². The maximum absolute atomic E-state index is 11.5. The second-order valence-electron chi connectivity index (χ2n) is 2.49. The summed E-state index contributed by atoms with van der Waals surface area (Å²) in [4.78, 5) is 11.5. The molecule has 0 rings (SSSR count). The van der Waals surface area contributed by atoms with Crippen molar-refractivity contribution in [1.29, 1.82) is 0 Å². The fourth-order valence-electron chi connectivity index (χ4n) is 0.799. The number of hydrogen-bond acceptors (Lipinski definition) is 3. The van der Waals surface area contributed by atoms with Crippen molar-refractivity contribution in [2.24, 2.45) is 0 Å². The molecule has 3 heteroatoms. The summed E-state index contributed by atoms with van der Waals surface area (Å²) in [6.07, 6.45) is 6.94. The molecule has 0 saturated heterocycles. The Bertz CT molecular complexity index is 242. The monoisotopic (exact) mass is 212 g/mol. The van der Waals surface area contributed by atoms with Gasteiger partial charge in [-0.25, -0.2) is 0 Å². The van der Waals surface area contributed by atoms with Gasteiger partial charge >= 0.3 is 0 Å². The largest absolute Gasteiger partial charge is 0.384 e. The smallest absolute Gasteiger partial charge is 0.219 e. The van der Waals surface area contributed by atoms with Gasteiger partial charge in [-0.05, 0) is 6.92 Å². The van der Waals surface area contributed by atoms with Gasteiger partial charge in [0.05, 0.1) is 6.61 Å². The molecule has 0 bridgehead atoms. The van der Waals surface area contributed by atoms with Crippen LogP contribution in [0.4, 0.5) is 0 Å². The van der Waals surface area contributed by atoms with E-state index >= 15 is 0 Å². The lowest BCUT2D eigenvalue weighted by atomic mass is 10.2. The van der Waals surface area contributed by atoms with Crippen molar-refractivity contribution in [3.63, 3.8) is 0 Å². The van der Waals surface area contributed by atoms with E-state index in [9.17, 15) is 4.79 Å². The van der Waals surface area contributed by atoms with Crippen LogP contribution >= 0.6 is 11.8 Å². The number of hydrogen-bond donors (Lipinski definition) is 0. The first-order valence-electron chi connectivity index (χ1n) is 4.37. The molecule has 14 heavy (non-hydrogen) atoms. The molecule has 0 aromatic carbocycles. The second-order valence-corrected chi connectivity index (χ2v) is 3.55. The van der Waals surface area contributed by atoms with Gasteiger partial charge in [0.15, 0.2) is 0 Å². The lowest BCUT2D eigenvalue weighted by Gasteiger charge is -2.00. The van der Waals surface area contributed by atoms with Crippen molar-refractivity contribution >= 4 is 16.9 Å². The van der Waals surface area contributed by atoms with Crippen LogP contribution in [-0.2, 0) is 9.53 Å². The predicted octanol–water partition coefficient (Wildman–Crippen LogP) is 2.58. The molecule has 0 aliphatic heterocycles. The van der Waals surface area contributed by atoms with Crippen LogP contribution in [0.15, 0.2) is 36.5 Å². The molecule has 0 radical (unpaired) electrons. The van der Waals surface area contributed by atoms with E-state index in [0.717, 1.165) is 0 Å². The summed E-state index contributed by atoms with van der Waals surface area (Å²) in [7, 11) is 1.62. The van der Waals surface area contributed by atoms with E-state index in [0.29, 0.717) is 17.9 Å². The molecule has 0 unspecified atom stereocenters. The SMILES string of the molecule is C=C/C=C(\C=C/C)C(=O)SCCOC. The molecule has 0 N–H and O–H groups in total. The Morgan fingerprint density at radius 3 is 2.79 bits per heavy atom. The number of allylic oxidation sites excluding steroid dienone is 4. The number of carbonyl (C=O) groups is 1. The van der Waals surface area contributed by atoms with Crippen LogP contribution in [0.5, 0.6) is 0 Å². The molecule has 0 spiro atoms. The zero-order valence-corrected chi connectivity index (χ0v) is 9.47. The average Bonchev–Trinajstić information content (AvgIpc) is 2.18. The van der Waals surface area contributed by atoms with Crippen molar-refractivity contribution in [2.45, 2.75) is 6.92 Å². The normalized spacial score (nSPS) is 12.0. The van der Waals surface area contributed by atoms with E-state index in [-0.39, 0.29) is 5.12 Å². The van der Waals surface area contributed by atoms with Crippen LogP contribution in [0, 0.1) is 0 Å². The maximum atomic E-state index is 11.5. The highest BCUT2D eigenvalue weighted by molar-refractivity contribution is 8.14. The van der Waals surface area contributed by atoms with Crippen molar-refractivity contribution in [3.05, 3.63) is 36.5 Å². The highest BCUT2D eigenvalue weighted by Crippen LogP contribution is 2.12. The highest BCUT2D eigenvalue weighted by Gasteiger charge is 2.05. The summed E-state index contributed by atoms with van der Waals surface area (Å²) in [6.45, 7) is 6.04. The van der Waals surface area contributed by atoms with Gasteiger partial charge < -0.3 is 4.74 Å². The van der Waals surface area contributed by atoms with Gasteiger partial charge in [0.2, 0.25) is 5.12 Å². The third-order valence-electron chi connectivity index (χ3n) is 1.40. The molecule has 0 aliphatic rings. The molecular formula is C11H16O2S.